The highest BCUT2D eigenvalue weighted by Gasteiger charge is 2.31. The Morgan fingerprint density at radius 1 is 1.37 bits per heavy atom. The Labute approximate surface area is 157 Å². The fourth-order valence-corrected chi connectivity index (χ4v) is 3.14. The minimum Gasteiger partial charge on any atom is -0.507 e. The molecule has 0 spiro atoms. The number of hydrogen-bond donors (Lipinski definition) is 4. The molecule has 0 saturated carbocycles. The molecule has 0 bridgehead atoms. The van der Waals surface area contributed by atoms with Crippen LogP contribution in [0.3, 0.4) is 0 Å². The van der Waals surface area contributed by atoms with Crippen molar-refractivity contribution < 1.29 is 18.3 Å². The highest BCUT2D eigenvalue weighted by Crippen LogP contribution is 2.34. The van der Waals surface area contributed by atoms with E-state index in [2.05, 4.69) is 17.1 Å². The second kappa shape index (κ2) is 8.56. The number of rotatable bonds is 5. The molecule has 0 amide bonds. The number of likely N-dealkylation sites (tertiary alicyclic amines) is 1. The van der Waals surface area contributed by atoms with Gasteiger partial charge in [-0.15, -0.1) is 0 Å². The zero-order valence-corrected chi connectivity index (χ0v) is 15.6. The van der Waals surface area contributed by atoms with Gasteiger partial charge in [0, 0.05) is 23.8 Å². The van der Waals surface area contributed by atoms with Crippen LogP contribution in [-0.2, 0) is 6.18 Å². The van der Waals surface area contributed by atoms with Gasteiger partial charge < -0.3 is 26.8 Å². The monoisotopic (exact) mass is 384 g/mol. The number of nitrogens with two attached hydrogens (primary N) is 2. The van der Waals surface area contributed by atoms with E-state index in [1.54, 1.807) is 13.0 Å². The van der Waals surface area contributed by atoms with Crippen molar-refractivity contribution in [3.63, 3.8) is 0 Å². The second-order valence-electron chi connectivity index (χ2n) is 6.80. The van der Waals surface area contributed by atoms with E-state index in [0.29, 0.717) is 17.5 Å². The van der Waals surface area contributed by atoms with Crippen LogP contribution in [0.2, 0.25) is 0 Å². The SMILES string of the molecule is CCN1CCCC(N/C(N)=C(C)/C=C(\N)c2ccc(C(F)(F)F)cc2O)C1. The molecule has 5 nitrogen and oxygen atoms in total. The third-order valence-electron chi connectivity index (χ3n) is 4.75. The molecule has 0 aliphatic carbocycles. The lowest BCUT2D eigenvalue weighted by Crippen LogP contribution is -2.46. The summed E-state index contributed by atoms with van der Waals surface area (Å²) < 4.78 is 38.1. The highest BCUT2D eigenvalue weighted by atomic mass is 19.4. The Balaban J connectivity index is 2.15. The molecule has 1 aliphatic heterocycles. The Morgan fingerprint density at radius 2 is 2.07 bits per heavy atom. The quantitative estimate of drug-likeness (QED) is 0.587. The van der Waals surface area contributed by atoms with E-state index in [4.69, 9.17) is 11.5 Å². The topological polar surface area (TPSA) is 87.5 Å². The van der Waals surface area contributed by atoms with Crippen molar-refractivity contribution in [3.8, 4) is 5.75 Å². The fraction of sp³-hybridized carbons (Fsp3) is 0.474. The normalized spacial score (nSPS) is 20.3. The molecule has 1 unspecified atom stereocenters. The Morgan fingerprint density at radius 3 is 2.67 bits per heavy atom. The first kappa shape index (κ1) is 21.0. The van der Waals surface area contributed by atoms with Gasteiger partial charge in [0.1, 0.15) is 5.75 Å². The molecule has 1 aromatic rings. The zero-order valence-electron chi connectivity index (χ0n) is 15.6. The van der Waals surface area contributed by atoms with Gasteiger partial charge in [0.25, 0.3) is 0 Å². The fourth-order valence-electron chi connectivity index (χ4n) is 3.14. The van der Waals surface area contributed by atoms with Gasteiger partial charge in [0.05, 0.1) is 11.4 Å². The van der Waals surface area contributed by atoms with E-state index in [0.717, 1.165) is 44.6 Å². The Bertz CT molecular complexity index is 728. The predicted octanol–water partition coefficient (Wildman–Crippen LogP) is 2.97. The van der Waals surface area contributed by atoms with Crippen LogP contribution in [0.15, 0.2) is 35.7 Å². The maximum atomic E-state index is 12.7. The number of piperidine rings is 1. The van der Waals surface area contributed by atoms with Crippen molar-refractivity contribution in [3.05, 3.63) is 46.8 Å². The minimum absolute atomic E-state index is 0.130. The van der Waals surface area contributed by atoms with Gasteiger partial charge in [0.2, 0.25) is 0 Å². The van der Waals surface area contributed by atoms with E-state index >= 15 is 0 Å². The van der Waals surface area contributed by atoms with E-state index in [-0.39, 0.29) is 17.3 Å². The van der Waals surface area contributed by atoms with Crippen LogP contribution >= 0.6 is 0 Å². The number of phenolic OH excluding ortho intramolecular Hbond substituents is 1. The lowest BCUT2D eigenvalue weighted by molar-refractivity contribution is -0.137. The van der Waals surface area contributed by atoms with Crippen LogP contribution < -0.4 is 16.8 Å². The number of hydrogen-bond acceptors (Lipinski definition) is 5. The van der Waals surface area contributed by atoms with Crippen molar-refractivity contribution in [1.29, 1.82) is 0 Å². The lowest BCUT2D eigenvalue weighted by atomic mass is 10.0. The summed E-state index contributed by atoms with van der Waals surface area (Å²) in [6.07, 6.45) is -0.866. The van der Waals surface area contributed by atoms with E-state index in [9.17, 15) is 18.3 Å². The average Bonchev–Trinajstić information content (AvgIpc) is 2.60. The molecule has 1 aliphatic rings. The van der Waals surface area contributed by atoms with Gasteiger partial charge in [-0.05, 0) is 62.7 Å². The molecule has 6 N–H and O–H groups in total. The molecule has 27 heavy (non-hydrogen) atoms. The molecule has 2 rings (SSSR count). The number of aromatic hydroxyl groups is 1. The Kier molecular flexibility index (Phi) is 6.64. The number of allylic oxidation sites excluding steroid dienone is 2. The number of alkyl halides is 3. The summed E-state index contributed by atoms with van der Waals surface area (Å²) in [7, 11) is 0. The third-order valence-corrected chi connectivity index (χ3v) is 4.75. The molecule has 1 atom stereocenters. The summed E-state index contributed by atoms with van der Waals surface area (Å²) in [5.41, 5.74) is 12.1. The van der Waals surface area contributed by atoms with Crippen LogP contribution in [0.5, 0.6) is 5.75 Å². The molecule has 1 fully saturated rings. The Hall–Kier alpha value is -2.35. The van der Waals surface area contributed by atoms with E-state index < -0.39 is 17.5 Å². The maximum absolute atomic E-state index is 12.7. The van der Waals surface area contributed by atoms with Gasteiger partial charge in [0.15, 0.2) is 0 Å². The smallest absolute Gasteiger partial charge is 0.416 e. The molecule has 150 valence electrons. The molecule has 0 aromatic heterocycles. The predicted molar refractivity (Wildman–Crippen MR) is 100 cm³/mol. The van der Waals surface area contributed by atoms with Gasteiger partial charge in [-0.1, -0.05) is 6.92 Å². The molecular formula is C19H27F3N4O. The highest BCUT2D eigenvalue weighted by molar-refractivity contribution is 5.70. The number of phenols is 1. The largest absolute Gasteiger partial charge is 0.507 e. The summed E-state index contributed by atoms with van der Waals surface area (Å²) >= 11 is 0. The van der Waals surface area contributed by atoms with Crippen LogP contribution in [-0.4, -0.2) is 35.7 Å². The van der Waals surface area contributed by atoms with Gasteiger partial charge in [-0.25, -0.2) is 0 Å². The standard InChI is InChI=1S/C19H27F3N4O/c1-3-26-8-4-5-14(11-26)25-18(24)12(2)9-16(23)15-7-6-13(10-17(15)27)19(20,21)22/h6-7,9-10,14,25,27H,3-5,8,11,23-24H2,1-2H3/b16-9-,18-12+. The molecule has 8 heteroatoms. The van der Waals surface area contributed by atoms with Crippen LogP contribution in [0, 0.1) is 0 Å². The summed E-state index contributed by atoms with van der Waals surface area (Å²) in [5.74, 6) is -0.0592. The zero-order chi connectivity index (χ0) is 20.2. The van der Waals surface area contributed by atoms with Crippen molar-refractivity contribution in [2.75, 3.05) is 19.6 Å². The third kappa shape index (κ3) is 5.56. The first-order valence-corrected chi connectivity index (χ1v) is 8.94. The summed E-state index contributed by atoms with van der Waals surface area (Å²) in [6, 6.07) is 2.94. The molecule has 1 saturated heterocycles. The minimum atomic E-state index is -4.52. The van der Waals surface area contributed by atoms with Crippen molar-refractivity contribution in [1.82, 2.24) is 10.2 Å². The first-order valence-electron chi connectivity index (χ1n) is 8.94. The van der Waals surface area contributed by atoms with Gasteiger partial charge >= 0.3 is 6.18 Å². The molecule has 0 radical (unpaired) electrons. The van der Waals surface area contributed by atoms with Crippen LogP contribution in [0.25, 0.3) is 5.70 Å². The summed E-state index contributed by atoms with van der Waals surface area (Å²) in [5, 5.41) is 13.2. The number of nitrogens with one attached hydrogen (secondary N) is 1. The second-order valence-corrected chi connectivity index (χ2v) is 6.80. The lowest BCUT2D eigenvalue weighted by Gasteiger charge is -2.33. The number of nitrogens with zero attached hydrogens (tertiary/aromatic N) is 1. The summed E-state index contributed by atoms with van der Waals surface area (Å²) in [4.78, 5) is 2.34. The van der Waals surface area contributed by atoms with Gasteiger partial charge in [-0.2, -0.15) is 13.2 Å². The number of halogens is 3. The average molecular weight is 384 g/mol. The maximum Gasteiger partial charge on any atom is 0.416 e. The van der Waals surface area contributed by atoms with Crippen molar-refractivity contribution >= 4 is 5.70 Å². The molecule has 1 aromatic carbocycles. The molecular weight excluding hydrogens is 357 g/mol. The summed E-state index contributed by atoms with van der Waals surface area (Å²) in [6.45, 7) is 6.85. The molecule has 1 heterocycles. The van der Waals surface area contributed by atoms with Gasteiger partial charge in [-0.3, -0.25) is 0 Å². The first-order chi connectivity index (χ1) is 12.6. The van der Waals surface area contributed by atoms with Crippen LogP contribution in [0.4, 0.5) is 13.2 Å². The van der Waals surface area contributed by atoms with Crippen molar-refractivity contribution in [2.45, 2.75) is 38.9 Å². The van der Waals surface area contributed by atoms with E-state index in [1.807, 2.05) is 0 Å². The number of likely N-dealkylation sites (N-methyl/N-ethyl adjacent to an activating group) is 1. The van der Waals surface area contributed by atoms with Crippen LogP contribution in [0.1, 0.15) is 37.8 Å². The number of benzene rings is 1. The van der Waals surface area contributed by atoms with Crippen molar-refractivity contribution in [2.24, 2.45) is 11.5 Å². The van der Waals surface area contributed by atoms with E-state index in [1.165, 1.54) is 0 Å².